The molecule has 7 nitrogen and oxygen atoms in total. The van der Waals surface area contributed by atoms with Crippen LogP contribution >= 0.6 is 28.3 Å². The number of halogens is 2. The van der Waals surface area contributed by atoms with Crippen LogP contribution in [-0.4, -0.2) is 36.8 Å². The Hall–Kier alpha value is -0.740. The molecule has 2 N–H and O–H groups in total. The van der Waals surface area contributed by atoms with Crippen molar-refractivity contribution >= 4 is 44.0 Å². The Kier molecular flexibility index (Phi) is 6.96. The van der Waals surface area contributed by atoms with Gasteiger partial charge in [0, 0.05) is 25.2 Å². The molecule has 0 aliphatic carbocycles. The van der Waals surface area contributed by atoms with Gasteiger partial charge in [0.25, 0.3) is 5.69 Å². The molecule has 1 saturated heterocycles. The molecule has 1 heterocycles. The normalized spacial score (nSPS) is 20.6. The van der Waals surface area contributed by atoms with Gasteiger partial charge in [0.2, 0.25) is 10.0 Å². The number of rotatable bonds is 4. The standard InChI is InChI=1S/C13H18BrN3O4S.ClH/c1-9(15)10-3-2-6-16(8-10)22(20,21)11-4-5-13(17(18)19)12(14)7-11;/h4-5,7,9-10H,2-3,6,8,15H2,1H3;1H. The van der Waals surface area contributed by atoms with Gasteiger partial charge in [-0.05, 0) is 53.7 Å². The third-order valence-electron chi connectivity index (χ3n) is 3.92. The molecule has 0 aromatic heterocycles. The first-order chi connectivity index (χ1) is 10.2. The fourth-order valence-electron chi connectivity index (χ4n) is 2.57. The SMILES string of the molecule is CC(N)C1CCCN(S(=O)(=O)c2ccc([N+](=O)[O-])c(Br)c2)C1.Cl. The maximum Gasteiger partial charge on any atom is 0.283 e. The zero-order valence-corrected chi connectivity index (χ0v) is 15.7. The van der Waals surface area contributed by atoms with Crippen LogP contribution in [0.5, 0.6) is 0 Å². The Morgan fingerprint density at radius 1 is 1.48 bits per heavy atom. The van der Waals surface area contributed by atoms with Crippen molar-refractivity contribution < 1.29 is 13.3 Å². The fourth-order valence-corrected chi connectivity index (χ4v) is 4.80. The van der Waals surface area contributed by atoms with E-state index in [2.05, 4.69) is 15.9 Å². The first-order valence-corrected chi connectivity index (χ1v) is 9.16. The quantitative estimate of drug-likeness (QED) is 0.586. The van der Waals surface area contributed by atoms with Gasteiger partial charge in [-0.2, -0.15) is 4.31 Å². The maximum atomic E-state index is 12.7. The molecule has 130 valence electrons. The first-order valence-electron chi connectivity index (χ1n) is 6.93. The number of nitrogens with two attached hydrogens (primary N) is 1. The molecule has 1 aromatic carbocycles. The van der Waals surface area contributed by atoms with Gasteiger partial charge in [0.15, 0.2) is 0 Å². The molecule has 1 aromatic rings. The fraction of sp³-hybridized carbons (Fsp3) is 0.538. The van der Waals surface area contributed by atoms with Crippen molar-refractivity contribution in [2.24, 2.45) is 11.7 Å². The van der Waals surface area contributed by atoms with Gasteiger partial charge in [0.05, 0.1) is 14.3 Å². The summed E-state index contributed by atoms with van der Waals surface area (Å²) in [7, 11) is -3.67. The molecule has 0 bridgehead atoms. The lowest BCUT2D eigenvalue weighted by atomic mass is 9.93. The molecule has 0 radical (unpaired) electrons. The van der Waals surface area contributed by atoms with Crippen molar-refractivity contribution in [1.29, 1.82) is 0 Å². The van der Waals surface area contributed by atoms with Crippen LogP contribution in [0.4, 0.5) is 5.69 Å². The van der Waals surface area contributed by atoms with Gasteiger partial charge in [0.1, 0.15) is 0 Å². The molecule has 1 aliphatic rings. The number of nitrogens with zero attached hydrogens (tertiary/aromatic N) is 2. The van der Waals surface area contributed by atoms with Gasteiger partial charge >= 0.3 is 0 Å². The van der Waals surface area contributed by atoms with Gasteiger partial charge < -0.3 is 5.73 Å². The lowest BCUT2D eigenvalue weighted by Gasteiger charge is -2.33. The second-order valence-electron chi connectivity index (χ2n) is 5.49. The predicted molar refractivity (Wildman–Crippen MR) is 93.2 cm³/mol. The van der Waals surface area contributed by atoms with Gasteiger partial charge in [-0.3, -0.25) is 10.1 Å². The first kappa shape index (κ1) is 20.3. The third-order valence-corrected chi connectivity index (χ3v) is 6.41. The highest BCUT2D eigenvalue weighted by molar-refractivity contribution is 9.10. The van der Waals surface area contributed by atoms with Crippen molar-refractivity contribution in [2.45, 2.75) is 30.7 Å². The number of piperidine rings is 1. The molecule has 1 aliphatic heterocycles. The molecule has 10 heteroatoms. The third kappa shape index (κ3) is 4.42. The summed E-state index contributed by atoms with van der Waals surface area (Å²) < 4.78 is 26.9. The summed E-state index contributed by atoms with van der Waals surface area (Å²) >= 11 is 3.05. The second-order valence-corrected chi connectivity index (χ2v) is 8.29. The Bertz CT molecular complexity index is 684. The Balaban J connectivity index is 0.00000264. The number of nitro groups is 1. The van der Waals surface area contributed by atoms with E-state index in [9.17, 15) is 18.5 Å². The maximum absolute atomic E-state index is 12.7. The van der Waals surface area contributed by atoms with E-state index in [-0.39, 0.29) is 39.4 Å². The van der Waals surface area contributed by atoms with Crippen LogP contribution in [0.15, 0.2) is 27.6 Å². The smallest absolute Gasteiger partial charge is 0.283 e. The zero-order valence-electron chi connectivity index (χ0n) is 12.5. The molecular formula is C13H19BrClN3O4S. The molecule has 1 fully saturated rings. The summed E-state index contributed by atoms with van der Waals surface area (Å²) in [5.74, 6) is 0.130. The zero-order chi connectivity index (χ0) is 16.5. The topological polar surface area (TPSA) is 107 Å². The summed E-state index contributed by atoms with van der Waals surface area (Å²) in [4.78, 5) is 10.3. The highest BCUT2D eigenvalue weighted by Gasteiger charge is 2.32. The van der Waals surface area contributed by atoms with E-state index < -0.39 is 14.9 Å². The summed E-state index contributed by atoms with van der Waals surface area (Å²) in [6.45, 7) is 2.71. The number of hydrogen-bond donors (Lipinski definition) is 1. The number of nitro benzene ring substituents is 1. The largest absolute Gasteiger partial charge is 0.328 e. The summed E-state index contributed by atoms with van der Waals surface area (Å²) in [5.41, 5.74) is 5.72. The van der Waals surface area contributed by atoms with E-state index >= 15 is 0 Å². The molecule has 0 amide bonds. The molecule has 2 rings (SSSR count). The van der Waals surface area contributed by atoms with Crippen LogP contribution in [0.2, 0.25) is 0 Å². The van der Waals surface area contributed by atoms with E-state index in [0.29, 0.717) is 13.1 Å². The minimum Gasteiger partial charge on any atom is -0.328 e. The minimum absolute atomic E-state index is 0. The van der Waals surface area contributed by atoms with E-state index in [4.69, 9.17) is 5.73 Å². The molecule has 0 spiro atoms. The van der Waals surface area contributed by atoms with Crippen molar-refractivity contribution in [3.8, 4) is 0 Å². The molecule has 2 unspecified atom stereocenters. The molecule has 0 saturated carbocycles. The highest BCUT2D eigenvalue weighted by Crippen LogP contribution is 2.30. The van der Waals surface area contributed by atoms with Crippen molar-refractivity contribution in [3.63, 3.8) is 0 Å². The molecular weight excluding hydrogens is 410 g/mol. The van der Waals surface area contributed by atoms with Crippen molar-refractivity contribution in [3.05, 3.63) is 32.8 Å². The van der Waals surface area contributed by atoms with Crippen LogP contribution < -0.4 is 5.73 Å². The van der Waals surface area contributed by atoms with Crippen LogP contribution in [0.3, 0.4) is 0 Å². The van der Waals surface area contributed by atoms with Crippen LogP contribution in [0.1, 0.15) is 19.8 Å². The summed E-state index contributed by atoms with van der Waals surface area (Å²) in [6.07, 6.45) is 1.67. The molecule has 23 heavy (non-hydrogen) atoms. The van der Waals surface area contributed by atoms with Gasteiger partial charge in [-0.15, -0.1) is 12.4 Å². The lowest BCUT2D eigenvalue weighted by Crippen LogP contribution is -2.44. The number of hydrogen-bond acceptors (Lipinski definition) is 5. The van der Waals surface area contributed by atoms with Gasteiger partial charge in [-0.1, -0.05) is 0 Å². The minimum atomic E-state index is -3.67. The van der Waals surface area contributed by atoms with E-state index in [1.165, 1.54) is 22.5 Å². The monoisotopic (exact) mass is 427 g/mol. The van der Waals surface area contributed by atoms with E-state index in [1.54, 1.807) is 0 Å². The average Bonchev–Trinajstić information content (AvgIpc) is 2.46. The summed E-state index contributed by atoms with van der Waals surface area (Å²) in [5, 5.41) is 10.8. The van der Waals surface area contributed by atoms with E-state index in [0.717, 1.165) is 12.8 Å². The average molecular weight is 429 g/mol. The lowest BCUT2D eigenvalue weighted by molar-refractivity contribution is -0.385. The van der Waals surface area contributed by atoms with Crippen LogP contribution in [0.25, 0.3) is 0 Å². The second kappa shape index (κ2) is 7.89. The van der Waals surface area contributed by atoms with Gasteiger partial charge in [-0.25, -0.2) is 8.42 Å². The van der Waals surface area contributed by atoms with Crippen LogP contribution in [0, 0.1) is 16.0 Å². The highest BCUT2D eigenvalue weighted by atomic mass is 79.9. The van der Waals surface area contributed by atoms with Crippen molar-refractivity contribution in [2.75, 3.05) is 13.1 Å². The molecule has 2 atom stereocenters. The van der Waals surface area contributed by atoms with E-state index in [1.807, 2.05) is 6.92 Å². The number of benzene rings is 1. The number of sulfonamides is 1. The van der Waals surface area contributed by atoms with Crippen molar-refractivity contribution in [1.82, 2.24) is 4.31 Å². The Labute approximate surface area is 150 Å². The Morgan fingerprint density at radius 2 is 2.13 bits per heavy atom. The predicted octanol–water partition coefficient (Wildman–Crippen LogP) is 2.53. The summed E-state index contributed by atoms with van der Waals surface area (Å²) in [6, 6.07) is 3.68. The Morgan fingerprint density at radius 3 is 2.65 bits per heavy atom. The van der Waals surface area contributed by atoms with Crippen LogP contribution in [-0.2, 0) is 10.0 Å².